The average molecular weight is 407 g/mol. The molecule has 0 unspecified atom stereocenters. The van der Waals surface area contributed by atoms with E-state index in [2.05, 4.69) is 26.6 Å². The van der Waals surface area contributed by atoms with Gasteiger partial charge >= 0.3 is 0 Å². The summed E-state index contributed by atoms with van der Waals surface area (Å²) in [7, 11) is 0. The number of aryl methyl sites for hydroxylation is 2. The van der Waals surface area contributed by atoms with Crippen molar-refractivity contribution in [3.8, 4) is 0 Å². The fourth-order valence-corrected chi connectivity index (χ4v) is 3.00. The number of benzene rings is 2. The van der Waals surface area contributed by atoms with Crippen LogP contribution in [-0.2, 0) is 9.59 Å². The molecule has 0 heterocycles. The van der Waals surface area contributed by atoms with Crippen LogP contribution in [0.25, 0.3) is 0 Å². The van der Waals surface area contributed by atoms with Gasteiger partial charge in [-0.1, -0.05) is 18.2 Å². The van der Waals surface area contributed by atoms with E-state index in [4.69, 9.17) is 0 Å². The number of rotatable bonds is 6. The first-order chi connectivity index (χ1) is 11.5. The van der Waals surface area contributed by atoms with Gasteiger partial charge in [0.1, 0.15) is 0 Å². The van der Waals surface area contributed by atoms with Crippen LogP contribution in [0.4, 0.5) is 11.4 Å². The smallest absolute Gasteiger partial charge is 0.234 e. The molecule has 0 saturated heterocycles. The van der Waals surface area contributed by atoms with Gasteiger partial charge in [0, 0.05) is 10.2 Å². The van der Waals surface area contributed by atoms with Crippen molar-refractivity contribution in [3.63, 3.8) is 0 Å². The lowest BCUT2D eigenvalue weighted by Crippen LogP contribution is -2.18. The molecule has 0 fully saturated rings. The van der Waals surface area contributed by atoms with Gasteiger partial charge in [0.2, 0.25) is 11.8 Å². The molecule has 126 valence electrons. The molecule has 0 atom stereocenters. The lowest BCUT2D eigenvalue weighted by Gasteiger charge is -2.08. The maximum Gasteiger partial charge on any atom is 0.234 e. The van der Waals surface area contributed by atoms with Gasteiger partial charge in [0.15, 0.2) is 0 Å². The zero-order valence-electron chi connectivity index (χ0n) is 13.6. The summed E-state index contributed by atoms with van der Waals surface area (Å²) in [4.78, 5) is 23.8. The van der Waals surface area contributed by atoms with Gasteiger partial charge in [0.25, 0.3) is 0 Å². The second-order valence-corrected chi connectivity index (χ2v) is 7.21. The monoisotopic (exact) mass is 406 g/mol. The third-order valence-corrected chi connectivity index (χ3v) is 5.03. The molecule has 2 aromatic carbocycles. The van der Waals surface area contributed by atoms with E-state index in [9.17, 15) is 9.59 Å². The standard InChI is InChI=1S/C18H19BrN2O2S/c1-12-7-8-14(9-13(12)2)20-17(22)10-24-11-18(23)21-16-6-4-3-5-15(16)19/h3-9H,10-11H2,1-2H3,(H,20,22)(H,21,23). The molecule has 2 aromatic rings. The summed E-state index contributed by atoms with van der Waals surface area (Å²) < 4.78 is 0.829. The highest BCUT2D eigenvalue weighted by molar-refractivity contribution is 9.10. The average Bonchev–Trinajstić information content (AvgIpc) is 2.53. The molecule has 0 aliphatic rings. The van der Waals surface area contributed by atoms with Gasteiger partial charge in [-0.05, 0) is 65.2 Å². The molecule has 0 aliphatic heterocycles. The quantitative estimate of drug-likeness (QED) is 0.748. The van der Waals surface area contributed by atoms with Crippen molar-refractivity contribution in [1.29, 1.82) is 0 Å². The highest BCUT2D eigenvalue weighted by atomic mass is 79.9. The second-order valence-electron chi connectivity index (χ2n) is 5.37. The van der Waals surface area contributed by atoms with Gasteiger partial charge in [-0.25, -0.2) is 0 Å². The number of anilines is 2. The third-order valence-electron chi connectivity index (χ3n) is 3.40. The van der Waals surface area contributed by atoms with Crippen molar-refractivity contribution in [2.24, 2.45) is 0 Å². The predicted molar refractivity (Wildman–Crippen MR) is 105 cm³/mol. The molecule has 2 N–H and O–H groups in total. The highest BCUT2D eigenvalue weighted by Gasteiger charge is 2.08. The summed E-state index contributed by atoms with van der Waals surface area (Å²) in [6.07, 6.45) is 0. The zero-order chi connectivity index (χ0) is 17.5. The van der Waals surface area contributed by atoms with Crippen LogP contribution in [0.3, 0.4) is 0 Å². The minimum atomic E-state index is -0.133. The van der Waals surface area contributed by atoms with Gasteiger partial charge in [-0.15, -0.1) is 11.8 Å². The van der Waals surface area contributed by atoms with E-state index in [0.29, 0.717) is 0 Å². The van der Waals surface area contributed by atoms with Crippen LogP contribution in [0.2, 0.25) is 0 Å². The van der Waals surface area contributed by atoms with Crippen LogP contribution in [0.15, 0.2) is 46.9 Å². The molecule has 4 nitrogen and oxygen atoms in total. The number of para-hydroxylation sites is 1. The number of hydrogen-bond donors (Lipinski definition) is 2. The second kappa shape index (κ2) is 8.89. The van der Waals surface area contributed by atoms with Crippen LogP contribution < -0.4 is 10.6 Å². The molecule has 2 amide bonds. The molecular formula is C18H19BrN2O2S. The van der Waals surface area contributed by atoms with Gasteiger partial charge in [-0.3, -0.25) is 9.59 Å². The van der Waals surface area contributed by atoms with E-state index in [-0.39, 0.29) is 23.3 Å². The van der Waals surface area contributed by atoms with Crippen LogP contribution in [-0.4, -0.2) is 23.3 Å². The molecule has 24 heavy (non-hydrogen) atoms. The number of amides is 2. The Hall–Kier alpha value is -1.79. The molecule has 0 radical (unpaired) electrons. The molecular weight excluding hydrogens is 388 g/mol. The van der Waals surface area contributed by atoms with Crippen molar-refractivity contribution in [2.45, 2.75) is 13.8 Å². The topological polar surface area (TPSA) is 58.2 Å². The van der Waals surface area contributed by atoms with E-state index in [1.165, 1.54) is 17.3 Å². The van der Waals surface area contributed by atoms with Gasteiger partial charge in [0.05, 0.1) is 17.2 Å². The first-order valence-electron chi connectivity index (χ1n) is 7.45. The fraction of sp³-hybridized carbons (Fsp3) is 0.222. The molecule has 6 heteroatoms. The van der Waals surface area contributed by atoms with Crippen LogP contribution in [0.5, 0.6) is 0 Å². The Kier molecular flexibility index (Phi) is 6.87. The van der Waals surface area contributed by atoms with Gasteiger partial charge < -0.3 is 10.6 Å². The summed E-state index contributed by atoms with van der Waals surface area (Å²) in [5, 5.41) is 5.65. The Morgan fingerprint density at radius 3 is 2.29 bits per heavy atom. The lowest BCUT2D eigenvalue weighted by molar-refractivity contribution is -0.114. The summed E-state index contributed by atoms with van der Waals surface area (Å²) in [5.74, 6) is 0.209. The highest BCUT2D eigenvalue weighted by Crippen LogP contribution is 2.21. The summed E-state index contributed by atoms with van der Waals surface area (Å²) in [5.41, 5.74) is 3.82. The maximum atomic E-state index is 11.9. The number of hydrogen-bond acceptors (Lipinski definition) is 3. The minimum Gasteiger partial charge on any atom is -0.325 e. The first kappa shape index (κ1) is 18.5. The van der Waals surface area contributed by atoms with E-state index in [1.807, 2.05) is 56.3 Å². The molecule has 0 bridgehead atoms. The summed E-state index contributed by atoms with van der Waals surface area (Å²) in [6, 6.07) is 13.2. The van der Waals surface area contributed by atoms with Crippen LogP contribution >= 0.6 is 27.7 Å². The molecule has 0 aliphatic carbocycles. The van der Waals surface area contributed by atoms with Gasteiger partial charge in [-0.2, -0.15) is 0 Å². The van der Waals surface area contributed by atoms with E-state index in [0.717, 1.165) is 21.4 Å². The molecule has 2 rings (SSSR count). The maximum absolute atomic E-state index is 11.9. The minimum absolute atomic E-state index is 0.114. The Morgan fingerprint density at radius 2 is 1.62 bits per heavy atom. The predicted octanol–water partition coefficient (Wildman–Crippen LogP) is 4.38. The number of thioether (sulfide) groups is 1. The largest absolute Gasteiger partial charge is 0.325 e. The Balaban J connectivity index is 1.75. The Labute approximate surface area is 154 Å². The van der Waals surface area contributed by atoms with Crippen LogP contribution in [0.1, 0.15) is 11.1 Å². The number of carbonyl (C=O) groups excluding carboxylic acids is 2. The van der Waals surface area contributed by atoms with Crippen molar-refractivity contribution >= 4 is 50.9 Å². The van der Waals surface area contributed by atoms with Crippen molar-refractivity contribution in [1.82, 2.24) is 0 Å². The molecule has 0 saturated carbocycles. The summed E-state index contributed by atoms with van der Waals surface area (Å²) in [6.45, 7) is 4.03. The SMILES string of the molecule is Cc1ccc(NC(=O)CSCC(=O)Nc2ccccc2Br)cc1C. The van der Waals surface area contributed by atoms with E-state index in [1.54, 1.807) is 0 Å². The first-order valence-corrected chi connectivity index (χ1v) is 9.39. The fourth-order valence-electron chi connectivity index (χ4n) is 2.00. The number of halogens is 1. The number of carbonyl (C=O) groups is 2. The van der Waals surface area contributed by atoms with E-state index < -0.39 is 0 Å². The van der Waals surface area contributed by atoms with Crippen molar-refractivity contribution in [2.75, 3.05) is 22.1 Å². The molecule has 0 aromatic heterocycles. The zero-order valence-corrected chi connectivity index (χ0v) is 16.0. The summed E-state index contributed by atoms with van der Waals surface area (Å²) >= 11 is 4.66. The molecule has 0 spiro atoms. The lowest BCUT2D eigenvalue weighted by atomic mass is 10.1. The normalized spacial score (nSPS) is 10.3. The van der Waals surface area contributed by atoms with E-state index >= 15 is 0 Å². The number of nitrogens with one attached hydrogen (secondary N) is 2. The van der Waals surface area contributed by atoms with Crippen molar-refractivity contribution in [3.05, 3.63) is 58.1 Å². The third kappa shape index (κ3) is 5.69. The van der Waals surface area contributed by atoms with Crippen LogP contribution in [0, 0.1) is 13.8 Å². The Bertz CT molecular complexity index is 750. The van der Waals surface area contributed by atoms with Crippen molar-refractivity contribution < 1.29 is 9.59 Å². The Morgan fingerprint density at radius 1 is 0.958 bits per heavy atom.